The van der Waals surface area contributed by atoms with Crippen molar-refractivity contribution in [3.05, 3.63) is 56.8 Å². The molecule has 0 spiro atoms. The minimum atomic E-state index is -0.335. The Morgan fingerprint density at radius 1 is 0.941 bits per heavy atom. The van der Waals surface area contributed by atoms with Gasteiger partial charge in [0.25, 0.3) is 0 Å². The van der Waals surface area contributed by atoms with E-state index in [1.165, 1.54) is 0 Å². The SMILES string of the molecule is Cc1cccc(-c2c(Cl)ccc(Cl)c2Cl)c1F. The van der Waals surface area contributed by atoms with Gasteiger partial charge in [0.15, 0.2) is 0 Å². The first kappa shape index (κ1) is 12.7. The molecule has 17 heavy (non-hydrogen) atoms. The zero-order chi connectivity index (χ0) is 12.6. The third-order valence-corrected chi connectivity index (χ3v) is 3.62. The minimum Gasteiger partial charge on any atom is -0.206 e. The predicted octanol–water partition coefficient (Wildman–Crippen LogP) is 5.76. The van der Waals surface area contributed by atoms with Crippen molar-refractivity contribution in [1.82, 2.24) is 0 Å². The zero-order valence-electron chi connectivity index (χ0n) is 8.90. The molecule has 0 N–H and O–H groups in total. The summed E-state index contributed by atoms with van der Waals surface area (Å²) in [6.45, 7) is 1.69. The molecule has 0 fully saturated rings. The molecule has 0 aromatic heterocycles. The Labute approximate surface area is 114 Å². The number of hydrogen-bond acceptors (Lipinski definition) is 0. The molecular formula is C13H8Cl3F. The van der Waals surface area contributed by atoms with Crippen LogP contribution in [0.25, 0.3) is 11.1 Å². The molecule has 0 saturated heterocycles. The van der Waals surface area contributed by atoms with Crippen LogP contribution in [-0.2, 0) is 0 Å². The van der Waals surface area contributed by atoms with E-state index in [4.69, 9.17) is 34.8 Å². The molecule has 0 bridgehead atoms. The third-order valence-electron chi connectivity index (χ3n) is 2.51. The van der Waals surface area contributed by atoms with E-state index in [1.54, 1.807) is 37.3 Å². The first-order valence-electron chi connectivity index (χ1n) is 4.91. The fraction of sp³-hybridized carbons (Fsp3) is 0.0769. The van der Waals surface area contributed by atoms with Crippen molar-refractivity contribution in [2.45, 2.75) is 6.92 Å². The average Bonchev–Trinajstić information content (AvgIpc) is 2.30. The van der Waals surface area contributed by atoms with Crippen molar-refractivity contribution in [3.63, 3.8) is 0 Å². The normalized spacial score (nSPS) is 10.6. The summed E-state index contributed by atoms with van der Waals surface area (Å²) in [6.07, 6.45) is 0. The molecule has 88 valence electrons. The lowest BCUT2D eigenvalue weighted by atomic mass is 10.0. The summed E-state index contributed by atoms with van der Waals surface area (Å²) in [4.78, 5) is 0. The highest BCUT2D eigenvalue weighted by Crippen LogP contribution is 2.40. The van der Waals surface area contributed by atoms with E-state index >= 15 is 0 Å². The maximum Gasteiger partial charge on any atom is 0.134 e. The molecule has 0 amide bonds. The molecule has 0 atom stereocenters. The van der Waals surface area contributed by atoms with E-state index < -0.39 is 0 Å². The van der Waals surface area contributed by atoms with Crippen LogP contribution in [0.3, 0.4) is 0 Å². The highest BCUT2D eigenvalue weighted by molar-refractivity contribution is 6.46. The fourth-order valence-electron chi connectivity index (χ4n) is 1.61. The average molecular weight is 290 g/mol. The van der Waals surface area contributed by atoms with E-state index in [0.717, 1.165) is 0 Å². The van der Waals surface area contributed by atoms with Gasteiger partial charge in [-0.05, 0) is 24.6 Å². The number of rotatable bonds is 1. The molecule has 2 aromatic rings. The number of aryl methyl sites for hydroxylation is 1. The Kier molecular flexibility index (Phi) is 3.62. The van der Waals surface area contributed by atoms with Crippen molar-refractivity contribution in [2.24, 2.45) is 0 Å². The third kappa shape index (κ3) is 2.28. The van der Waals surface area contributed by atoms with Crippen LogP contribution >= 0.6 is 34.8 Å². The summed E-state index contributed by atoms with van der Waals surface area (Å²) >= 11 is 18.0. The van der Waals surface area contributed by atoms with Gasteiger partial charge >= 0.3 is 0 Å². The van der Waals surface area contributed by atoms with Crippen LogP contribution in [0.1, 0.15) is 5.56 Å². The predicted molar refractivity (Wildman–Crippen MR) is 71.6 cm³/mol. The van der Waals surface area contributed by atoms with Gasteiger partial charge in [0.2, 0.25) is 0 Å². The van der Waals surface area contributed by atoms with Crippen LogP contribution < -0.4 is 0 Å². The lowest BCUT2D eigenvalue weighted by Gasteiger charge is -2.10. The summed E-state index contributed by atoms with van der Waals surface area (Å²) < 4.78 is 14.0. The van der Waals surface area contributed by atoms with Crippen molar-refractivity contribution in [3.8, 4) is 11.1 Å². The van der Waals surface area contributed by atoms with E-state index in [-0.39, 0.29) is 10.8 Å². The molecule has 2 aromatic carbocycles. The van der Waals surface area contributed by atoms with E-state index in [0.29, 0.717) is 26.7 Å². The Balaban J connectivity index is 2.77. The molecule has 0 radical (unpaired) electrons. The second-order valence-corrected chi connectivity index (χ2v) is 4.85. The van der Waals surface area contributed by atoms with Gasteiger partial charge in [-0.2, -0.15) is 0 Å². The molecule has 0 aliphatic carbocycles. The van der Waals surface area contributed by atoms with Gasteiger partial charge in [-0.3, -0.25) is 0 Å². The highest BCUT2D eigenvalue weighted by atomic mass is 35.5. The second kappa shape index (κ2) is 4.85. The molecule has 0 nitrogen and oxygen atoms in total. The van der Waals surface area contributed by atoms with Crippen molar-refractivity contribution < 1.29 is 4.39 Å². The summed E-state index contributed by atoms with van der Waals surface area (Å²) in [6, 6.07) is 8.26. The van der Waals surface area contributed by atoms with Crippen LogP contribution in [0.2, 0.25) is 15.1 Å². The van der Waals surface area contributed by atoms with Crippen molar-refractivity contribution in [2.75, 3.05) is 0 Å². The molecular weight excluding hydrogens is 282 g/mol. The van der Waals surface area contributed by atoms with Gasteiger partial charge < -0.3 is 0 Å². The molecule has 2 rings (SSSR count). The van der Waals surface area contributed by atoms with Crippen LogP contribution in [0.15, 0.2) is 30.3 Å². The van der Waals surface area contributed by atoms with Crippen LogP contribution in [0.5, 0.6) is 0 Å². The largest absolute Gasteiger partial charge is 0.206 e. The number of hydrogen-bond donors (Lipinski definition) is 0. The summed E-state index contributed by atoms with van der Waals surface area (Å²) in [5.41, 5.74) is 1.33. The van der Waals surface area contributed by atoms with Crippen LogP contribution in [-0.4, -0.2) is 0 Å². The lowest BCUT2D eigenvalue weighted by Crippen LogP contribution is -1.90. The highest BCUT2D eigenvalue weighted by Gasteiger charge is 2.16. The smallest absolute Gasteiger partial charge is 0.134 e. The van der Waals surface area contributed by atoms with Crippen molar-refractivity contribution in [1.29, 1.82) is 0 Å². The first-order valence-corrected chi connectivity index (χ1v) is 6.04. The second-order valence-electron chi connectivity index (χ2n) is 3.65. The topological polar surface area (TPSA) is 0 Å². The van der Waals surface area contributed by atoms with Gasteiger partial charge in [-0.25, -0.2) is 4.39 Å². The Morgan fingerprint density at radius 3 is 2.29 bits per heavy atom. The summed E-state index contributed by atoms with van der Waals surface area (Å²) in [7, 11) is 0. The van der Waals surface area contributed by atoms with Gasteiger partial charge in [-0.1, -0.05) is 53.0 Å². The summed E-state index contributed by atoms with van der Waals surface area (Å²) in [5.74, 6) is -0.335. The van der Waals surface area contributed by atoms with Gasteiger partial charge in [0, 0.05) is 11.1 Å². The molecule has 4 heteroatoms. The minimum absolute atomic E-state index is 0.267. The molecule has 0 heterocycles. The standard InChI is InChI=1S/C13H8Cl3F/c1-7-3-2-4-8(13(7)17)11-9(14)5-6-10(15)12(11)16/h2-6H,1H3. The molecule has 0 aliphatic rings. The Hall–Kier alpha value is -0.760. The van der Waals surface area contributed by atoms with Crippen LogP contribution in [0, 0.1) is 12.7 Å². The summed E-state index contributed by atoms with van der Waals surface area (Å²) in [5, 5.41) is 1.000. The Morgan fingerprint density at radius 2 is 1.59 bits per heavy atom. The molecule has 0 saturated carbocycles. The Bertz CT molecular complexity index is 579. The van der Waals surface area contributed by atoms with Gasteiger partial charge in [-0.15, -0.1) is 0 Å². The van der Waals surface area contributed by atoms with Crippen LogP contribution in [0.4, 0.5) is 4.39 Å². The van der Waals surface area contributed by atoms with Gasteiger partial charge in [0.05, 0.1) is 15.1 Å². The fourth-order valence-corrected chi connectivity index (χ4v) is 2.35. The van der Waals surface area contributed by atoms with E-state index in [9.17, 15) is 4.39 Å². The first-order chi connectivity index (χ1) is 8.02. The lowest BCUT2D eigenvalue weighted by molar-refractivity contribution is 0.622. The van der Waals surface area contributed by atoms with E-state index in [2.05, 4.69) is 0 Å². The van der Waals surface area contributed by atoms with Crippen molar-refractivity contribution >= 4 is 34.8 Å². The maximum absolute atomic E-state index is 14.0. The molecule has 0 aliphatic heterocycles. The maximum atomic E-state index is 14.0. The zero-order valence-corrected chi connectivity index (χ0v) is 11.2. The number of halogens is 4. The number of benzene rings is 2. The van der Waals surface area contributed by atoms with E-state index in [1.807, 2.05) is 0 Å². The quantitative estimate of drug-likeness (QED) is 0.585. The van der Waals surface area contributed by atoms with Gasteiger partial charge in [0.1, 0.15) is 5.82 Å². The monoisotopic (exact) mass is 288 g/mol. The molecule has 0 unspecified atom stereocenters.